The van der Waals surface area contributed by atoms with Crippen LogP contribution in [0, 0.1) is 5.82 Å². The van der Waals surface area contributed by atoms with Gasteiger partial charge in [-0.15, -0.1) is 0 Å². The average Bonchev–Trinajstić information content (AvgIpc) is 2.86. The molecular formula is C26H20FN3O3S. The van der Waals surface area contributed by atoms with Gasteiger partial charge in [0.15, 0.2) is 5.11 Å². The third-order valence-electron chi connectivity index (χ3n) is 4.92. The van der Waals surface area contributed by atoms with Gasteiger partial charge in [-0.1, -0.05) is 30.3 Å². The molecule has 34 heavy (non-hydrogen) atoms. The number of thiocarbonyl (C=S) groups is 1. The zero-order chi connectivity index (χ0) is 23.9. The standard InChI is InChI=1S/C26H20FN3O3S/c1-32-21-13-6-18(7-14-21)25(31)33-24-15-8-17-4-2-3-5-22(17)23(24)16-28-30-26(34)29-20-11-9-19(27)10-12-20/h2-16H,1H3,(H2,29,30,34)/b28-16-. The second-order valence-electron chi connectivity index (χ2n) is 7.15. The summed E-state index contributed by atoms with van der Waals surface area (Å²) in [6.07, 6.45) is 1.54. The lowest BCUT2D eigenvalue weighted by atomic mass is 10.0. The zero-order valence-electron chi connectivity index (χ0n) is 18.1. The Labute approximate surface area is 201 Å². The molecular weight excluding hydrogens is 453 g/mol. The predicted octanol–water partition coefficient (Wildman–Crippen LogP) is 5.53. The van der Waals surface area contributed by atoms with Gasteiger partial charge in [-0.05, 0) is 77.6 Å². The smallest absolute Gasteiger partial charge is 0.343 e. The first kappa shape index (κ1) is 22.9. The van der Waals surface area contributed by atoms with Gasteiger partial charge in [-0.25, -0.2) is 9.18 Å². The van der Waals surface area contributed by atoms with Gasteiger partial charge < -0.3 is 14.8 Å². The van der Waals surface area contributed by atoms with Crippen molar-refractivity contribution in [2.24, 2.45) is 5.10 Å². The molecule has 8 heteroatoms. The van der Waals surface area contributed by atoms with Crippen LogP contribution in [0.5, 0.6) is 11.5 Å². The van der Waals surface area contributed by atoms with Crippen molar-refractivity contribution in [3.63, 3.8) is 0 Å². The van der Waals surface area contributed by atoms with Crippen LogP contribution >= 0.6 is 12.2 Å². The summed E-state index contributed by atoms with van der Waals surface area (Å²) in [5.41, 5.74) is 4.34. The maximum absolute atomic E-state index is 13.1. The van der Waals surface area contributed by atoms with Crippen molar-refractivity contribution in [2.45, 2.75) is 0 Å². The highest BCUT2D eigenvalue weighted by atomic mass is 32.1. The first-order valence-corrected chi connectivity index (χ1v) is 10.7. The SMILES string of the molecule is COc1ccc(C(=O)Oc2ccc3ccccc3c2/C=N\NC(=S)Nc2ccc(F)cc2)cc1. The summed E-state index contributed by atoms with van der Waals surface area (Å²) in [6.45, 7) is 0. The first-order chi connectivity index (χ1) is 16.5. The van der Waals surface area contributed by atoms with Crippen LogP contribution in [0.25, 0.3) is 10.8 Å². The fraction of sp³-hybridized carbons (Fsp3) is 0.0385. The summed E-state index contributed by atoms with van der Waals surface area (Å²) in [5, 5.41) is 9.16. The molecule has 0 bridgehead atoms. The van der Waals surface area contributed by atoms with E-state index in [2.05, 4.69) is 15.8 Å². The quantitative estimate of drug-likeness (QED) is 0.126. The lowest BCUT2D eigenvalue weighted by molar-refractivity contribution is 0.0734. The summed E-state index contributed by atoms with van der Waals surface area (Å²) in [5.74, 6) is 0.151. The zero-order valence-corrected chi connectivity index (χ0v) is 18.9. The summed E-state index contributed by atoms with van der Waals surface area (Å²) in [6, 6.07) is 23.7. The fourth-order valence-electron chi connectivity index (χ4n) is 3.23. The Morgan fingerprint density at radius 2 is 1.71 bits per heavy atom. The Morgan fingerprint density at radius 3 is 2.44 bits per heavy atom. The Hall–Kier alpha value is -4.30. The number of halogens is 1. The molecule has 0 fully saturated rings. The first-order valence-electron chi connectivity index (χ1n) is 10.3. The van der Waals surface area contributed by atoms with Crippen LogP contribution in [-0.2, 0) is 0 Å². The number of fused-ring (bicyclic) bond motifs is 1. The summed E-state index contributed by atoms with van der Waals surface area (Å²) >= 11 is 5.24. The second-order valence-corrected chi connectivity index (χ2v) is 7.56. The molecule has 4 aromatic carbocycles. The van der Waals surface area contributed by atoms with Crippen LogP contribution in [0.3, 0.4) is 0 Å². The largest absolute Gasteiger partial charge is 0.497 e. The van der Waals surface area contributed by atoms with E-state index >= 15 is 0 Å². The number of carbonyl (C=O) groups is 1. The van der Waals surface area contributed by atoms with E-state index in [1.54, 1.807) is 49.6 Å². The molecule has 0 saturated carbocycles. The Balaban J connectivity index is 1.55. The third kappa shape index (κ3) is 5.54. The van der Waals surface area contributed by atoms with E-state index in [1.165, 1.54) is 18.3 Å². The molecule has 0 spiro atoms. The minimum absolute atomic E-state index is 0.222. The van der Waals surface area contributed by atoms with Crippen molar-refractivity contribution >= 4 is 46.0 Å². The third-order valence-corrected chi connectivity index (χ3v) is 5.11. The van der Waals surface area contributed by atoms with Crippen molar-refractivity contribution in [1.29, 1.82) is 0 Å². The molecule has 4 rings (SSSR count). The van der Waals surface area contributed by atoms with Crippen molar-refractivity contribution in [2.75, 3.05) is 12.4 Å². The molecule has 0 atom stereocenters. The topological polar surface area (TPSA) is 72.0 Å². The fourth-order valence-corrected chi connectivity index (χ4v) is 3.40. The summed E-state index contributed by atoms with van der Waals surface area (Å²) in [7, 11) is 1.56. The lowest BCUT2D eigenvalue weighted by Crippen LogP contribution is -2.23. The molecule has 2 N–H and O–H groups in total. The number of nitrogens with one attached hydrogen (secondary N) is 2. The Kier molecular flexibility index (Phi) is 7.10. The molecule has 0 aliphatic rings. The molecule has 4 aromatic rings. The van der Waals surface area contributed by atoms with E-state index < -0.39 is 5.97 Å². The number of hydrogen-bond acceptors (Lipinski definition) is 5. The van der Waals surface area contributed by atoms with Crippen molar-refractivity contribution in [3.05, 3.63) is 102 Å². The lowest BCUT2D eigenvalue weighted by Gasteiger charge is -2.11. The van der Waals surface area contributed by atoms with Crippen LogP contribution in [0.4, 0.5) is 10.1 Å². The van der Waals surface area contributed by atoms with Crippen LogP contribution in [0.15, 0.2) is 90.0 Å². The highest BCUT2D eigenvalue weighted by Gasteiger charge is 2.14. The van der Waals surface area contributed by atoms with E-state index in [0.29, 0.717) is 28.3 Å². The maximum Gasteiger partial charge on any atom is 0.343 e. The monoisotopic (exact) mass is 473 g/mol. The molecule has 0 radical (unpaired) electrons. The average molecular weight is 474 g/mol. The summed E-state index contributed by atoms with van der Waals surface area (Å²) in [4.78, 5) is 12.7. The molecule has 6 nitrogen and oxygen atoms in total. The van der Waals surface area contributed by atoms with E-state index in [4.69, 9.17) is 21.7 Å². The molecule has 0 aliphatic heterocycles. The van der Waals surface area contributed by atoms with E-state index in [-0.39, 0.29) is 10.9 Å². The van der Waals surface area contributed by atoms with Gasteiger partial charge in [0.05, 0.1) is 18.9 Å². The van der Waals surface area contributed by atoms with Gasteiger partial charge in [-0.3, -0.25) is 5.43 Å². The van der Waals surface area contributed by atoms with Crippen LogP contribution in [0.1, 0.15) is 15.9 Å². The van der Waals surface area contributed by atoms with Crippen LogP contribution in [0.2, 0.25) is 0 Å². The van der Waals surface area contributed by atoms with Gasteiger partial charge >= 0.3 is 5.97 Å². The number of hydrogen-bond donors (Lipinski definition) is 2. The van der Waals surface area contributed by atoms with Gasteiger partial charge in [0.1, 0.15) is 17.3 Å². The van der Waals surface area contributed by atoms with Gasteiger partial charge in [0.2, 0.25) is 0 Å². The highest BCUT2D eigenvalue weighted by Crippen LogP contribution is 2.27. The number of rotatable bonds is 6. The number of anilines is 1. The molecule has 0 heterocycles. The van der Waals surface area contributed by atoms with Crippen molar-refractivity contribution < 1.29 is 18.7 Å². The maximum atomic E-state index is 13.1. The highest BCUT2D eigenvalue weighted by molar-refractivity contribution is 7.80. The number of carbonyl (C=O) groups excluding carboxylic acids is 1. The number of nitrogens with zero attached hydrogens (tertiary/aromatic N) is 1. The van der Waals surface area contributed by atoms with Crippen LogP contribution < -0.4 is 20.2 Å². The molecule has 0 aromatic heterocycles. The van der Waals surface area contributed by atoms with Crippen molar-refractivity contribution in [3.8, 4) is 11.5 Å². The van der Waals surface area contributed by atoms with Crippen LogP contribution in [-0.4, -0.2) is 24.4 Å². The number of methoxy groups -OCH3 is 1. The molecule has 0 unspecified atom stereocenters. The molecule has 170 valence electrons. The molecule has 0 saturated heterocycles. The molecule has 0 amide bonds. The summed E-state index contributed by atoms with van der Waals surface area (Å²) < 4.78 is 23.9. The predicted molar refractivity (Wildman–Crippen MR) is 135 cm³/mol. The minimum Gasteiger partial charge on any atom is -0.497 e. The van der Waals surface area contributed by atoms with Gasteiger partial charge in [-0.2, -0.15) is 5.10 Å². The van der Waals surface area contributed by atoms with E-state index in [9.17, 15) is 9.18 Å². The minimum atomic E-state index is -0.506. The Bertz CT molecular complexity index is 1360. The van der Waals surface area contributed by atoms with Gasteiger partial charge in [0.25, 0.3) is 0 Å². The second kappa shape index (κ2) is 10.5. The van der Waals surface area contributed by atoms with Crippen molar-refractivity contribution in [1.82, 2.24) is 5.43 Å². The number of esters is 1. The van der Waals surface area contributed by atoms with Gasteiger partial charge in [0, 0.05) is 11.3 Å². The Morgan fingerprint density at radius 1 is 0.971 bits per heavy atom. The van der Waals surface area contributed by atoms with E-state index in [0.717, 1.165) is 10.8 Å². The normalized spacial score (nSPS) is 10.8. The number of hydrazone groups is 1. The molecule has 0 aliphatic carbocycles. The van der Waals surface area contributed by atoms with E-state index in [1.807, 2.05) is 30.3 Å². The number of ether oxygens (including phenoxy) is 2. The number of benzene rings is 4.